The van der Waals surface area contributed by atoms with E-state index in [0.29, 0.717) is 24.3 Å². The van der Waals surface area contributed by atoms with E-state index in [1.54, 1.807) is 36.4 Å². The highest BCUT2D eigenvalue weighted by atomic mass is 16.5. The molecule has 0 fully saturated rings. The van der Waals surface area contributed by atoms with Gasteiger partial charge in [-0.1, -0.05) is 12.1 Å². The van der Waals surface area contributed by atoms with E-state index in [1.807, 2.05) is 0 Å². The van der Waals surface area contributed by atoms with E-state index in [-0.39, 0.29) is 23.5 Å². The second-order valence-electron chi connectivity index (χ2n) is 5.64. The molecule has 0 spiro atoms. The summed E-state index contributed by atoms with van der Waals surface area (Å²) in [6, 6.07) is 11.3. The van der Waals surface area contributed by atoms with Gasteiger partial charge in [-0.15, -0.1) is 0 Å². The summed E-state index contributed by atoms with van der Waals surface area (Å²) in [6.45, 7) is 0.442. The highest BCUT2D eigenvalue weighted by Crippen LogP contribution is 2.32. The number of nitrogens with zero attached hydrogens (tertiary/aromatic N) is 2. The molecule has 2 heterocycles. The lowest BCUT2D eigenvalue weighted by atomic mass is 9.99. The van der Waals surface area contributed by atoms with Crippen molar-refractivity contribution < 1.29 is 14.3 Å². The molecule has 0 bridgehead atoms. The van der Waals surface area contributed by atoms with Gasteiger partial charge < -0.3 is 15.4 Å². The molecule has 1 atom stereocenters. The fraction of sp³-hybridized carbons (Fsp3) is 0.222. The molecule has 0 radical (unpaired) electrons. The van der Waals surface area contributed by atoms with Crippen LogP contribution in [0.1, 0.15) is 34.1 Å². The standard InChI is InChI=1S/C18H17N5O3/c1-20-17(24)14-3-2-4-16(21-14)23-18(25)22-13-7-8-26-15-9-11(10-19)5-6-12(13)15/h2-6,9,13H,7-8H2,1H3,(H,20,24)(H2,21,22,23,25)/t13-/m0/s1. The molecule has 0 unspecified atom stereocenters. The van der Waals surface area contributed by atoms with Crippen molar-refractivity contribution >= 4 is 17.8 Å². The summed E-state index contributed by atoms with van der Waals surface area (Å²) >= 11 is 0. The van der Waals surface area contributed by atoms with Crippen LogP contribution in [0.15, 0.2) is 36.4 Å². The zero-order valence-electron chi connectivity index (χ0n) is 14.1. The van der Waals surface area contributed by atoms with E-state index in [9.17, 15) is 9.59 Å². The van der Waals surface area contributed by atoms with Gasteiger partial charge in [-0.25, -0.2) is 9.78 Å². The number of fused-ring (bicyclic) bond motifs is 1. The molecule has 0 saturated carbocycles. The normalized spacial score (nSPS) is 15.0. The molecule has 0 aliphatic carbocycles. The minimum atomic E-state index is -0.436. The fourth-order valence-corrected chi connectivity index (χ4v) is 2.68. The molecule has 1 aromatic heterocycles. The van der Waals surface area contributed by atoms with Crippen LogP contribution >= 0.6 is 0 Å². The Hall–Kier alpha value is -3.60. The number of pyridine rings is 1. The lowest BCUT2D eigenvalue weighted by molar-refractivity contribution is 0.0958. The van der Waals surface area contributed by atoms with Crippen molar-refractivity contribution in [2.45, 2.75) is 12.5 Å². The molecule has 1 aliphatic heterocycles. The van der Waals surface area contributed by atoms with E-state index >= 15 is 0 Å². The first-order valence-corrected chi connectivity index (χ1v) is 8.04. The number of ether oxygens (including phenoxy) is 1. The van der Waals surface area contributed by atoms with Gasteiger partial charge in [-0.05, 0) is 24.3 Å². The van der Waals surface area contributed by atoms with Crippen LogP contribution in [0, 0.1) is 11.3 Å². The van der Waals surface area contributed by atoms with Crippen molar-refractivity contribution in [2.75, 3.05) is 19.0 Å². The summed E-state index contributed by atoms with van der Waals surface area (Å²) < 4.78 is 5.57. The average molecular weight is 351 g/mol. The van der Waals surface area contributed by atoms with Gasteiger partial charge in [0.2, 0.25) is 0 Å². The molecular formula is C18H17N5O3. The Morgan fingerprint density at radius 1 is 1.31 bits per heavy atom. The lowest BCUT2D eigenvalue weighted by Crippen LogP contribution is -2.35. The smallest absolute Gasteiger partial charge is 0.320 e. The molecule has 3 rings (SSSR count). The third kappa shape index (κ3) is 3.72. The average Bonchev–Trinajstić information content (AvgIpc) is 2.67. The molecule has 1 aliphatic rings. The number of urea groups is 1. The van der Waals surface area contributed by atoms with Crippen molar-refractivity contribution in [3.8, 4) is 11.8 Å². The maximum absolute atomic E-state index is 12.3. The molecular weight excluding hydrogens is 334 g/mol. The van der Waals surface area contributed by atoms with E-state index in [0.717, 1.165) is 5.56 Å². The molecule has 8 heteroatoms. The van der Waals surface area contributed by atoms with E-state index in [4.69, 9.17) is 10.00 Å². The predicted molar refractivity (Wildman–Crippen MR) is 93.8 cm³/mol. The third-order valence-corrected chi connectivity index (χ3v) is 3.94. The predicted octanol–water partition coefficient (Wildman–Crippen LogP) is 1.96. The largest absolute Gasteiger partial charge is 0.493 e. The molecule has 3 amide bonds. The monoisotopic (exact) mass is 351 g/mol. The number of hydrogen-bond donors (Lipinski definition) is 3. The zero-order valence-corrected chi connectivity index (χ0v) is 14.1. The zero-order chi connectivity index (χ0) is 18.5. The number of anilines is 1. The Morgan fingerprint density at radius 2 is 2.15 bits per heavy atom. The number of nitrogens with one attached hydrogen (secondary N) is 3. The number of hydrogen-bond acceptors (Lipinski definition) is 5. The van der Waals surface area contributed by atoms with Gasteiger partial charge in [0, 0.05) is 19.0 Å². The van der Waals surface area contributed by atoms with Crippen LogP contribution in [0.5, 0.6) is 5.75 Å². The Bertz CT molecular complexity index is 891. The quantitative estimate of drug-likeness (QED) is 0.782. The van der Waals surface area contributed by atoms with Crippen LogP contribution in [-0.4, -0.2) is 30.6 Å². The van der Waals surface area contributed by atoms with Crippen molar-refractivity contribution in [1.29, 1.82) is 5.26 Å². The lowest BCUT2D eigenvalue weighted by Gasteiger charge is -2.26. The van der Waals surface area contributed by atoms with Crippen LogP contribution in [0.4, 0.5) is 10.6 Å². The van der Waals surface area contributed by atoms with Crippen LogP contribution in [0.3, 0.4) is 0 Å². The highest BCUT2D eigenvalue weighted by Gasteiger charge is 2.23. The first-order chi connectivity index (χ1) is 12.6. The molecule has 3 N–H and O–H groups in total. The van der Waals surface area contributed by atoms with Crippen molar-refractivity contribution in [3.05, 3.63) is 53.2 Å². The topological polar surface area (TPSA) is 116 Å². The summed E-state index contributed by atoms with van der Waals surface area (Å²) in [7, 11) is 1.51. The van der Waals surface area contributed by atoms with Crippen LogP contribution in [0.25, 0.3) is 0 Å². The van der Waals surface area contributed by atoms with Crippen LogP contribution in [0.2, 0.25) is 0 Å². The molecule has 0 saturated heterocycles. The van der Waals surface area contributed by atoms with Gasteiger partial charge in [0.1, 0.15) is 17.3 Å². The number of amides is 3. The third-order valence-electron chi connectivity index (χ3n) is 3.94. The van der Waals surface area contributed by atoms with Crippen LogP contribution < -0.4 is 20.7 Å². The Labute approximate surface area is 150 Å². The Morgan fingerprint density at radius 3 is 2.92 bits per heavy atom. The summed E-state index contributed by atoms with van der Waals surface area (Å²) in [5.74, 6) is 0.539. The maximum atomic E-state index is 12.3. The van der Waals surface area contributed by atoms with E-state index in [2.05, 4.69) is 27.0 Å². The fourth-order valence-electron chi connectivity index (χ4n) is 2.68. The SMILES string of the molecule is CNC(=O)c1cccc(NC(=O)N[C@H]2CCOc3cc(C#N)ccc32)n1. The van der Waals surface area contributed by atoms with Gasteiger partial charge >= 0.3 is 6.03 Å². The molecule has 1 aromatic carbocycles. The highest BCUT2D eigenvalue weighted by molar-refractivity contribution is 5.93. The summed E-state index contributed by atoms with van der Waals surface area (Å²) in [5, 5.41) is 17.0. The molecule has 2 aromatic rings. The summed E-state index contributed by atoms with van der Waals surface area (Å²) in [5.41, 5.74) is 1.53. The van der Waals surface area contributed by atoms with E-state index in [1.165, 1.54) is 7.05 Å². The maximum Gasteiger partial charge on any atom is 0.320 e. The summed E-state index contributed by atoms with van der Waals surface area (Å²) in [6.07, 6.45) is 0.609. The first-order valence-electron chi connectivity index (χ1n) is 8.04. The van der Waals surface area contributed by atoms with Gasteiger partial charge in [-0.3, -0.25) is 10.1 Å². The van der Waals surface area contributed by atoms with Crippen LogP contribution in [-0.2, 0) is 0 Å². The Balaban J connectivity index is 1.70. The number of nitriles is 1. The first kappa shape index (κ1) is 17.2. The minimum absolute atomic E-state index is 0.214. The summed E-state index contributed by atoms with van der Waals surface area (Å²) in [4.78, 5) is 28.0. The Kier molecular flexibility index (Phi) is 4.99. The van der Waals surface area contributed by atoms with Gasteiger partial charge in [-0.2, -0.15) is 5.26 Å². The van der Waals surface area contributed by atoms with Crippen molar-refractivity contribution in [3.63, 3.8) is 0 Å². The van der Waals surface area contributed by atoms with E-state index < -0.39 is 6.03 Å². The second kappa shape index (κ2) is 7.53. The van der Waals surface area contributed by atoms with Gasteiger partial charge in [0.05, 0.1) is 24.3 Å². The molecule has 8 nitrogen and oxygen atoms in total. The van der Waals surface area contributed by atoms with Crippen molar-refractivity contribution in [2.24, 2.45) is 0 Å². The number of carbonyl (C=O) groups is 2. The molecule has 132 valence electrons. The second-order valence-corrected chi connectivity index (χ2v) is 5.64. The number of benzene rings is 1. The van der Waals surface area contributed by atoms with Gasteiger partial charge in [0.25, 0.3) is 5.91 Å². The number of aromatic nitrogens is 1. The number of rotatable bonds is 3. The number of carbonyl (C=O) groups excluding carboxylic acids is 2. The minimum Gasteiger partial charge on any atom is -0.493 e. The van der Waals surface area contributed by atoms with Gasteiger partial charge in [0.15, 0.2) is 0 Å². The molecule has 26 heavy (non-hydrogen) atoms. The van der Waals surface area contributed by atoms with Crippen molar-refractivity contribution in [1.82, 2.24) is 15.6 Å².